The molecule has 0 aliphatic carbocycles. The van der Waals surface area contributed by atoms with Crippen LogP contribution >= 0.6 is 11.9 Å². The van der Waals surface area contributed by atoms with Crippen LogP contribution in [0.3, 0.4) is 0 Å². The van der Waals surface area contributed by atoms with E-state index in [1.54, 1.807) is 12.1 Å². The summed E-state index contributed by atoms with van der Waals surface area (Å²) in [5.41, 5.74) is 11.4. The van der Waals surface area contributed by atoms with Crippen LogP contribution in [0.5, 0.6) is 0 Å². The van der Waals surface area contributed by atoms with E-state index in [0.717, 1.165) is 11.9 Å². The summed E-state index contributed by atoms with van der Waals surface area (Å²) >= 11 is 0.748. The third-order valence-corrected chi connectivity index (χ3v) is 2.77. The Hall–Kier alpha value is -1.93. The molecule has 0 aliphatic rings. The number of nitroso groups, excluding NO2 is 1. The number of ether oxygens (including phenoxy) is 1. The van der Waals surface area contributed by atoms with Crippen molar-refractivity contribution in [1.82, 2.24) is 0 Å². The van der Waals surface area contributed by atoms with Crippen LogP contribution in [0.2, 0.25) is 0 Å². The molecule has 8 heteroatoms. The van der Waals surface area contributed by atoms with Crippen LogP contribution in [0.25, 0.3) is 0 Å². The highest BCUT2D eigenvalue weighted by molar-refractivity contribution is 7.97. The second-order valence-corrected chi connectivity index (χ2v) is 4.41. The molecule has 0 fully saturated rings. The van der Waals surface area contributed by atoms with Gasteiger partial charge in [-0.1, -0.05) is 12.1 Å². The highest BCUT2D eigenvalue weighted by Gasteiger charge is 2.20. The molecule has 0 aromatic heterocycles. The first-order chi connectivity index (χ1) is 9.06. The molecule has 0 saturated heterocycles. The Morgan fingerprint density at radius 3 is 2.68 bits per heavy atom. The van der Waals surface area contributed by atoms with Crippen LogP contribution < -0.4 is 11.5 Å². The van der Waals surface area contributed by atoms with Crippen molar-refractivity contribution in [3.05, 3.63) is 34.7 Å². The van der Waals surface area contributed by atoms with Gasteiger partial charge < -0.3 is 16.2 Å². The molecular weight excluding hydrogens is 270 g/mol. The maximum absolute atomic E-state index is 11.7. The minimum Gasteiger partial charge on any atom is -0.398 e. The number of hydrogen-bond acceptors (Lipinski definition) is 8. The molecular formula is C11H13N3O4S. The maximum atomic E-state index is 11.7. The first-order valence-electron chi connectivity index (χ1n) is 5.37. The lowest BCUT2D eigenvalue weighted by atomic mass is 10.2. The van der Waals surface area contributed by atoms with Gasteiger partial charge in [0.05, 0.1) is 5.56 Å². The van der Waals surface area contributed by atoms with Crippen LogP contribution in [-0.4, -0.2) is 23.7 Å². The fraction of sp³-hybridized carbons (Fsp3) is 0.273. The molecule has 1 atom stereocenters. The van der Waals surface area contributed by atoms with E-state index in [-0.39, 0.29) is 23.4 Å². The molecule has 0 aliphatic heterocycles. The number of carbonyl (C=O) groups is 2. The minimum atomic E-state index is -0.983. The van der Waals surface area contributed by atoms with E-state index in [9.17, 15) is 14.5 Å². The monoisotopic (exact) mass is 283 g/mol. The molecule has 0 bridgehead atoms. The van der Waals surface area contributed by atoms with Crippen molar-refractivity contribution in [2.24, 2.45) is 10.3 Å². The van der Waals surface area contributed by atoms with Crippen LogP contribution in [-0.2, 0) is 9.53 Å². The minimum absolute atomic E-state index is 0.104. The largest absolute Gasteiger partial charge is 0.398 e. The van der Waals surface area contributed by atoms with E-state index in [4.69, 9.17) is 11.5 Å². The van der Waals surface area contributed by atoms with E-state index in [2.05, 4.69) is 9.32 Å². The zero-order chi connectivity index (χ0) is 14.3. The van der Waals surface area contributed by atoms with Crippen molar-refractivity contribution in [3.63, 3.8) is 0 Å². The standard InChI is InChI=1S/C11H13N3O4S/c12-8-4-2-1-3-7(8)10(15)18-11(16)9(13)5-6-19-14-17/h1-4,9H,5-6,12-13H2/t9-/m0/s1. The normalized spacial score (nSPS) is 11.6. The van der Waals surface area contributed by atoms with Crippen LogP contribution in [0.4, 0.5) is 5.69 Å². The molecule has 1 aromatic carbocycles. The molecule has 7 nitrogen and oxygen atoms in total. The summed E-state index contributed by atoms with van der Waals surface area (Å²) in [7, 11) is 0. The number of esters is 2. The van der Waals surface area contributed by atoms with Crippen molar-refractivity contribution < 1.29 is 14.3 Å². The fourth-order valence-electron chi connectivity index (χ4n) is 1.24. The van der Waals surface area contributed by atoms with Gasteiger partial charge in [-0.25, -0.2) is 9.59 Å². The van der Waals surface area contributed by atoms with Crippen LogP contribution in [0, 0.1) is 4.91 Å². The van der Waals surface area contributed by atoms with Gasteiger partial charge in [0, 0.05) is 28.0 Å². The number of carbonyl (C=O) groups excluding carboxylic acids is 2. The summed E-state index contributed by atoms with van der Waals surface area (Å²) in [6, 6.07) is 5.24. The van der Waals surface area contributed by atoms with Gasteiger partial charge in [0.25, 0.3) is 0 Å². The molecule has 0 unspecified atom stereocenters. The quantitative estimate of drug-likeness (QED) is 0.200. The molecule has 0 spiro atoms. The Morgan fingerprint density at radius 2 is 2.05 bits per heavy atom. The number of rotatable bonds is 6. The lowest BCUT2D eigenvalue weighted by Crippen LogP contribution is -2.34. The third-order valence-electron chi connectivity index (χ3n) is 2.25. The van der Waals surface area contributed by atoms with Crippen molar-refractivity contribution in [2.75, 3.05) is 11.5 Å². The van der Waals surface area contributed by atoms with E-state index in [0.29, 0.717) is 0 Å². The zero-order valence-electron chi connectivity index (χ0n) is 9.94. The first kappa shape index (κ1) is 15.1. The molecule has 19 heavy (non-hydrogen) atoms. The average molecular weight is 283 g/mol. The topological polar surface area (TPSA) is 125 Å². The second kappa shape index (κ2) is 7.49. The number of nitrogens with two attached hydrogens (primary N) is 2. The Morgan fingerprint density at radius 1 is 1.37 bits per heavy atom. The molecule has 102 valence electrons. The summed E-state index contributed by atoms with van der Waals surface area (Å²) < 4.78 is 7.17. The summed E-state index contributed by atoms with van der Waals surface area (Å²) in [6.07, 6.45) is 0.187. The van der Waals surface area contributed by atoms with Crippen molar-refractivity contribution in [1.29, 1.82) is 0 Å². The SMILES string of the molecule is Nc1ccccc1C(=O)OC(=O)[C@@H](N)CCSN=O. The first-order valence-corrected chi connectivity index (χ1v) is 6.31. The number of anilines is 1. The lowest BCUT2D eigenvalue weighted by Gasteiger charge is -2.09. The number of nitrogen functional groups attached to an aromatic ring is 1. The second-order valence-electron chi connectivity index (χ2n) is 3.60. The summed E-state index contributed by atoms with van der Waals surface area (Å²) in [6.45, 7) is 0. The fourth-order valence-corrected chi connectivity index (χ4v) is 1.67. The molecule has 1 aromatic rings. The Balaban J connectivity index is 2.55. The predicted octanol–water partition coefficient (Wildman–Crippen LogP) is 1.08. The Kier molecular flexibility index (Phi) is 5.97. The molecule has 4 N–H and O–H groups in total. The van der Waals surface area contributed by atoms with Crippen LogP contribution in [0.15, 0.2) is 28.8 Å². The van der Waals surface area contributed by atoms with Gasteiger partial charge in [-0.15, -0.1) is 4.91 Å². The summed E-state index contributed by atoms with van der Waals surface area (Å²) in [5.74, 6) is -1.43. The highest BCUT2D eigenvalue weighted by atomic mass is 32.2. The number of benzene rings is 1. The maximum Gasteiger partial charge on any atom is 0.347 e. The predicted molar refractivity (Wildman–Crippen MR) is 72.1 cm³/mol. The van der Waals surface area contributed by atoms with E-state index in [1.807, 2.05) is 0 Å². The number of para-hydroxylation sites is 1. The van der Waals surface area contributed by atoms with Gasteiger partial charge in [0.1, 0.15) is 6.04 Å². The van der Waals surface area contributed by atoms with Crippen molar-refractivity contribution in [2.45, 2.75) is 12.5 Å². The molecule has 0 heterocycles. The van der Waals surface area contributed by atoms with Crippen molar-refractivity contribution >= 4 is 29.6 Å². The van der Waals surface area contributed by atoms with E-state index < -0.39 is 18.0 Å². The molecule has 0 saturated carbocycles. The van der Waals surface area contributed by atoms with Gasteiger partial charge in [-0.3, -0.25) is 0 Å². The average Bonchev–Trinajstić information content (AvgIpc) is 2.39. The third kappa shape index (κ3) is 4.68. The smallest absolute Gasteiger partial charge is 0.347 e. The highest BCUT2D eigenvalue weighted by Crippen LogP contribution is 2.12. The summed E-state index contributed by atoms with van der Waals surface area (Å²) in [5, 5.41) is 0. The lowest BCUT2D eigenvalue weighted by molar-refractivity contribution is -0.139. The van der Waals surface area contributed by atoms with Crippen molar-refractivity contribution in [3.8, 4) is 0 Å². The van der Waals surface area contributed by atoms with Gasteiger partial charge in [0.15, 0.2) is 0 Å². The van der Waals surface area contributed by atoms with E-state index >= 15 is 0 Å². The Labute approximate surface area is 113 Å². The van der Waals surface area contributed by atoms with E-state index in [1.165, 1.54) is 12.1 Å². The number of nitrogens with zero attached hydrogens (tertiary/aromatic N) is 1. The zero-order valence-corrected chi connectivity index (χ0v) is 10.8. The molecule has 1 rings (SSSR count). The van der Waals surface area contributed by atoms with Gasteiger partial charge >= 0.3 is 11.9 Å². The Bertz CT molecular complexity index is 481. The summed E-state index contributed by atoms with van der Waals surface area (Å²) in [4.78, 5) is 33.0. The number of hydrogen-bond donors (Lipinski definition) is 2. The molecule has 0 radical (unpaired) electrons. The van der Waals surface area contributed by atoms with Gasteiger partial charge in [-0.05, 0) is 18.6 Å². The van der Waals surface area contributed by atoms with Gasteiger partial charge in [0.2, 0.25) is 0 Å². The van der Waals surface area contributed by atoms with Gasteiger partial charge in [-0.2, -0.15) is 0 Å². The molecule has 0 amide bonds. The van der Waals surface area contributed by atoms with Crippen LogP contribution in [0.1, 0.15) is 16.8 Å².